The van der Waals surface area contributed by atoms with Crippen LogP contribution < -0.4 is 11.1 Å². The van der Waals surface area contributed by atoms with Crippen LogP contribution in [0.25, 0.3) is 0 Å². The molecule has 0 aromatic heterocycles. The molecule has 17 heavy (non-hydrogen) atoms. The monoisotopic (exact) mass is 254 g/mol. The molecule has 1 aromatic rings. The van der Waals surface area contributed by atoms with Crippen LogP contribution in [0, 0.1) is 6.92 Å². The number of nitrogen functional groups attached to an aromatic ring is 1. The van der Waals surface area contributed by atoms with Crippen LogP contribution in [0.2, 0.25) is 5.02 Å². The van der Waals surface area contributed by atoms with Gasteiger partial charge in [-0.3, -0.25) is 0 Å². The Labute approximate surface area is 107 Å². The summed E-state index contributed by atoms with van der Waals surface area (Å²) < 4.78 is 5.57. The molecule has 0 bridgehead atoms. The molecule has 94 valence electrons. The molecular weight excluding hydrogens is 236 g/mol. The van der Waals surface area contributed by atoms with Gasteiger partial charge >= 0.3 is 0 Å². The van der Waals surface area contributed by atoms with Crippen molar-refractivity contribution >= 4 is 23.0 Å². The molecule has 1 fully saturated rings. The summed E-state index contributed by atoms with van der Waals surface area (Å²) in [7, 11) is 1.78. The number of rotatable bonds is 4. The van der Waals surface area contributed by atoms with Gasteiger partial charge in [-0.2, -0.15) is 0 Å². The average molecular weight is 255 g/mol. The Morgan fingerprint density at radius 2 is 2.18 bits per heavy atom. The zero-order valence-electron chi connectivity index (χ0n) is 10.3. The van der Waals surface area contributed by atoms with E-state index in [0.29, 0.717) is 10.7 Å². The molecule has 0 radical (unpaired) electrons. The molecule has 1 aliphatic carbocycles. The number of hydrogen-bond donors (Lipinski definition) is 2. The third-order valence-corrected chi connectivity index (χ3v) is 3.97. The SMILES string of the molecule is COC1(CNc2cc(Cl)c(N)cc2C)CCC1. The lowest BCUT2D eigenvalue weighted by Crippen LogP contribution is -2.45. The van der Waals surface area contributed by atoms with Crippen molar-refractivity contribution in [2.75, 3.05) is 24.7 Å². The van der Waals surface area contributed by atoms with E-state index in [4.69, 9.17) is 22.1 Å². The highest BCUT2D eigenvalue weighted by atomic mass is 35.5. The fourth-order valence-corrected chi connectivity index (χ4v) is 2.34. The van der Waals surface area contributed by atoms with Crippen molar-refractivity contribution < 1.29 is 4.74 Å². The normalized spacial score (nSPS) is 17.6. The first-order chi connectivity index (χ1) is 8.06. The summed E-state index contributed by atoms with van der Waals surface area (Å²) in [6.07, 6.45) is 3.49. The Morgan fingerprint density at radius 1 is 1.47 bits per heavy atom. The van der Waals surface area contributed by atoms with E-state index in [1.54, 1.807) is 7.11 Å². The Morgan fingerprint density at radius 3 is 2.71 bits per heavy atom. The van der Waals surface area contributed by atoms with Gasteiger partial charge in [-0.25, -0.2) is 0 Å². The molecule has 1 saturated carbocycles. The number of nitrogens with one attached hydrogen (secondary N) is 1. The van der Waals surface area contributed by atoms with Gasteiger partial charge in [0.25, 0.3) is 0 Å². The molecule has 0 saturated heterocycles. The Bertz CT molecular complexity index is 411. The second-order valence-electron chi connectivity index (χ2n) is 4.78. The van der Waals surface area contributed by atoms with Crippen molar-refractivity contribution in [3.8, 4) is 0 Å². The van der Waals surface area contributed by atoms with E-state index in [2.05, 4.69) is 5.32 Å². The lowest BCUT2D eigenvalue weighted by atomic mass is 9.80. The molecule has 0 amide bonds. The predicted molar refractivity (Wildman–Crippen MR) is 72.7 cm³/mol. The second-order valence-corrected chi connectivity index (χ2v) is 5.19. The smallest absolute Gasteiger partial charge is 0.0850 e. The van der Waals surface area contributed by atoms with Crippen LogP contribution in [0.15, 0.2) is 12.1 Å². The predicted octanol–water partition coefficient (Wildman–Crippen LogP) is 3.21. The van der Waals surface area contributed by atoms with Crippen LogP contribution in [0.3, 0.4) is 0 Å². The van der Waals surface area contributed by atoms with Gasteiger partial charge in [0.2, 0.25) is 0 Å². The molecule has 0 heterocycles. The Balaban J connectivity index is 2.06. The van der Waals surface area contributed by atoms with Gasteiger partial charge in [0.1, 0.15) is 0 Å². The van der Waals surface area contributed by atoms with Gasteiger partial charge in [0.05, 0.1) is 16.3 Å². The minimum Gasteiger partial charge on any atom is -0.398 e. The number of methoxy groups -OCH3 is 1. The number of benzene rings is 1. The van der Waals surface area contributed by atoms with E-state index in [1.807, 2.05) is 19.1 Å². The quantitative estimate of drug-likeness (QED) is 0.811. The van der Waals surface area contributed by atoms with Crippen LogP contribution in [0.1, 0.15) is 24.8 Å². The molecule has 1 aromatic carbocycles. The minimum atomic E-state index is 0.0142. The van der Waals surface area contributed by atoms with Crippen molar-refractivity contribution in [3.05, 3.63) is 22.7 Å². The van der Waals surface area contributed by atoms with Crippen molar-refractivity contribution in [3.63, 3.8) is 0 Å². The summed E-state index contributed by atoms with van der Waals surface area (Å²) >= 11 is 6.02. The average Bonchev–Trinajstić information content (AvgIpc) is 2.24. The third-order valence-electron chi connectivity index (χ3n) is 3.64. The Hall–Kier alpha value is -0.930. The van der Waals surface area contributed by atoms with Crippen LogP contribution in [0.4, 0.5) is 11.4 Å². The second kappa shape index (κ2) is 4.75. The van der Waals surface area contributed by atoms with Gasteiger partial charge < -0.3 is 15.8 Å². The summed E-state index contributed by atoms with van der Waals surface area (Å²) in [5, 5.41) is 4.01. The molecule has 2 rings (SSSR count). The summed E-state index contributed by atoms with van der Waals surface area (Å²) in [6, 6.07) is 3.78. The molecule has 1 aliphatic rings. The summed E-state index contributed by atoms with van der Waals surface area (Å²) in [6.45, 7) is 2.85. The number of hydrogen-bond acceptors (Lipinski definition) is 3. The van der Waals surface area contributed by atoms with Gasteiger partial charge in [-0.05, 0) is 43.9 Å². The molecule has 0 atom stereocenters. The highest BCUT2D eigenvalue weighted by Gasteiger charge is 2.36. The van der Waals surface area contributed by atoms with Crippen LogP contribution in [-0.2, 0) is 4.74 Å². The van der Waals surface area contributed by atoms with Gasteiger partial charge in [0, 0.05) is 19.3 Å². The first kappa shape index (κ1) is 12.5. The van der Waals surface area contributed by atoms with E-state index >= 15 is 0 Å². The summed E-state index contributed by atoms with van der Waals surface area (Å²) in [4.78, 5) is 0. The van der Waals surface area contributed by atoms with Crippen LogP contribution >= 0.6 is 11.6 Å². The van der Waals surface area contributed by atoms with Crippen molar-refractivity contribution in [2.24, 2.45) is 0 Å². The fraction of sp³-hybridized carbons (Fsp3) is 0.538. The highest BCUT2D eigenvalue weighted by molar-refractivity contribution is 6.33. The summed E-state index contributed by atoms with van der Waals surface area (Å²) in [5.41, 5.74) is 8.53. The van der Waals surface area contributed by atoms with Gasteiger partial charge in [0.15, 0.2) is 0 Å². The van der Waals surface area contributed by atoms with Crippen LogP contribution in [0.5, 0.6) is 0 Å². The molecule has 0 unspecified atom stereocenters. The first-order valence-corrected chi connectivity index (χ1v) is 6.29. The van der Waals surface area contributed by atoms with E-state index in [9.17, 15) is 0 Å². The number of ether oxygens (including phenoxy) is 1. The standard InChI is InChI=1S/C13H19ClN2O/c1-9-6-11(15)10(14)7-12(9)16-8-13(17-2)4-3-5-13/h6-7,16H,3-5,8,15H2,1-2H3. The number of aryl methyl sites for hydroxylation is 1. The van der Waals surface area contributed by atoms with Gasteiger partial charge in [-0.15, -0.1) is 0 Å². The largest absolute Gasteiger partial charge is 0.398 e. The minimum absolute atomic E-state index is 0.0142. The third kappa shape index (κ3) is 2.50. The molecule has 3 nitrogen and oxygen atoms in total. The lowest BCUT2D eigenvalue weighted by Gasteiger charge is -2.40. The van der Waals surface area contributed by atoms with E-state index < -0.39 is 0 Å². The maximum atomic E-state index is 6.02. The van der Waals surface area contributed by atoms with Crippen molar-refractivity contribution in [1.82, 2.24) is 0 Å². The molecule has 0 aliphatic heterocycles. The lowest BCUT2D eigenvalue weighted by molar-refractivity contribution is -0.0601. The van der Waals surface area contributed by atoms with E-state index in [0.717, 1.165) is 30.6 Å². The number of halogens is 1. The van der Waals surface area contributed by atoms with Crippen molar-refractivity contribution in [2.45, 2.75) is 31.8 Å². The first-order valence-electron chi connectivity index (χ1n) is 5.91. The topological polar surface area (TPSA) is 47.3 Å². The fourth-order valence-electron chi connectivity index (χ4n) is 2.17. The maximum absolute atomic E-state index is 6.02. The summed E-state index contributed by atoms with van der Waals surface area (Å²) in [5.74, 6) is 0. The zero-order valence-corrected chi connectivity index (χ0v) is 11.1. The van der Waals surface area contributed by atoms with E-state index in [-0.39, 0.29) is 5.60 Å². The van der Waals surface area contributed by atoms with Crippen molar-refractivity contribution in [1.29, 1.82) is 0 Å². The molecular formula is C13H19ClN2O. The maximum Gasteiger partial charge on any atom is 0.0850 e. The van der Waals surface area contributed by atoms with Crippen LogP contribution in [-0.4, -0.2) is 19.3 Å². The highest BCUT2D eigenvalue weighted by Crippen LogP contribution is 2.36. The zero-order chi connectivity index (χ0) is 12.5. The Kier molecular flexibility index (Phi) is 3.50. The van der Waals surface area contributed by atoms with E-state index in [1.165, 1.54) is 6.42 Å². The molecule has 3 N–H and O–H groups in total. The molecule has 0 spiro atoms. The molecule has 4 heteroatoms. The van der Waals surface area contributed by atoms with Gasteiger partial charge in [-0.1, -0.05) is 11.6 Å². The number of anilines is 2. The number of nitrogens with two attached hydrogens (primary N) is 1.